The van der Waals surface area contributed by atoms with Crippen molar-refractivity contribution >= 4 is 46.5 Å². The summed E-state index contributed by atoms with van der Waals surface area (Å²) in [5.74, 6) is -1.80. The Labute approximate surface area is 145 Å². The first-order valence-corrected chi connectivity index (χ1v) is 8.91. The average molecular weight is 373 g/mol. The van der Waals surface area contributed by atoms with Crippen molar-refractivity contribution in [3.8, 4) is 0 Å². The highest BCUT2D eigenvalue weighted by Crippen LogP contribution is 2.42. The van der Waals surface area contributed by atoms with Crippen LogP contribution >= 0.6 is 23.5 Å². The summed E-state index contributed by atoms with van der Waals surface area (Å²) in [5, 5.41) is 22.7. The molecule has 1 fully saturated rings. The molecule has 0 saturated carbocycles. The van der Waals surface area contributed by atoms with Crippen LogP contribution in [0.5, 0.6) is 0 Å². The van der Waals surface area contributed by atoms with Gasteiger partial charge in [-0.1, -0.05) is 11.8 Å². The fourth-order valence-corrected chi connectivity index (χ4v) is 5.06. The second-order valence-corrected chi connectivity index (χ2v) is 7.72. The van der Waals surface area contributed by atoms with E-state index in [1.54, 1.807) is 6.92 Å². The molecule has 0 spiro atoms. The number of β-lactam (4-membered cyclic amide) rings is 1. The number of carboxylic acid groups (broad SMARTS) is 1. The van der Waals surface area contributed by atoms with Crippen LogP contribution in [0.25, 0.3) is 0 Å². The first-order valence-electron chi connectivity index (χ1n) is 6.98. The van der Waals surface area contributed by atoms with Crippen molar-refractivity contribution in [3.63, 3.8) is 0 Å². The maximum Gasteiger partial charge on any atom is 0.352 e. The highest BCUT2D eigenvalue weighted by atomic mass is 32.2. The van der Waals surface area contributed by atoms with E-state index in [2.05, 4.69) is 10.5 Å². The number of carbonyl (C=O) groups is 3. The smallest absolute Gasteiger partial charge is 0.352 e. The Morgan fingerprint density at radius 1 is 1.54 bits per heavy atom. The van der Waals surface area contributed by atoms with Crippen LogP contribution in [0.1, 0.15) is 6.92 Å². The van der Waals surface area contributed by atoms with Crippen LogP contribution in [0.3, 0.4) is 0 Å². The topological polar surface area (TPSA) is 149 Å². The maximum absolute atomic E-state index is 11.9. The van der Waals surface area contributed by atoms with E-state index in [0.717, 1.165) is 11.8 Å². The Kier molecular flexibility index (Phi) is 4.46. The molecule has 24 heavy (non-hydrogen) atoms. The van der Waals surface area contributed by atoms with E-state index in [1.165, 1.54) is 16.7 Å². The van der Waals surface area contributed by atoms with E-state index in [9.17, 15) is 24.7 Å². The molecule has 3 rings (SSSR count). The van der Waals surface area contributed by atoms with Gasteiger partial charge in [0, 0.05) is 11.0 Å². The highest BCUT2D eigenvalue weighted by Gasteiger charge is 2.52. The predicted octanol–water partition coefficient (Wildman–Crippen LogP) is -1.22. The third kappa shape index (κ3) is 2.64. The monoisotopic (exact) mass is 373 g/mol. The molecule has 3 aliphatic heterocycles. The van der Waals surface area contributed by atoms with Gasteiger partial charge in [0.15, 0.2) is 0 Å². The minimum Gasteiger partial charge on any atom is -0.477 e. The van der Waals surface area contributed by atoms with Crippen LogP contribution in [-0.4, -0.2) is 72.2 Å². The molecule has 3 unspecified atom stereocenters. The van der Waals surface area contributed by atoms with Crippen molar-refractivity contribution in [1.29, 1.82) is 0 Å². The normalized spacial score (nSPS) is 28.0. The lowest BCUT2D eigenvalue weighted by molar-refractivity contribution is -0.148. The summed E-state index contributed by atoms with van der Waals surface area (Å²) < 4.78 is 0. The molecule has 3 aliphatic rings. The lowest BCUT2D eigenvalue weighted by Crippen LogP contribution is -2.68. The van der Waals surface area contributed by atoms with Gasteiger partial charge < -0.3 is 10.8 Å². The molecule has 0 radical (unpaired) electrons. The van der Waals surface area contributed by atoms with Gasteiger partial charge >= 0.3 is 5.97 Å². The summed E-state index contributed by atoms with van der Waals surface area (Å²) in [5.41, 5.74) is 8.64. The Hall–Kier alpha value is -1.76. The summed E-state index contributed by atoms with van der Waals surface area (Å²) in [4.78, 5) is 36.2. The highest BCUT2D eigenvalue weighted by molar-refractivity contribution is 8.14. The van der Waals surface area contributed by atoms with Gasteiger partial charge in [0.05, 0.1) is 0 Å². The Balaban J connectivity index is 1.86. The number of amides is 2. The lowest BCUT2D eigenvalue weighted by Gasteiger charge is -2.48. The van der Waals surface area contributed by atoms with E-state index < -0.39 is 29.1 Å². The molecular weight excluding hydrogens is 358 g/mol. The third-order valence-electron chi connectivity index (χ3n) is 3.84. The number of hydrogen-bond acceptors (Lipinski definition) is 9. The summed E-state index contributed by atoms with van der Waals surface area (Å²) in [7, 11) is 0. The fraction of sp³-hybridized carbons (Fsp3) is 0.500. The number of fused-ring (bicyclic) bond motifs is 1. The number of amidine groups is 1. The maximum atomic E-state index is 11.9. The van der Waals surface area contributed by atoms with Gasteiger partial charge in [0.2, 0.25) is 11.1 Å². The number of nitrogens with one attached hydrogen (secondary N) is 1. The minimum absolute atomic E-state index is 0.0229. The van der Waals surface area contributed by atoms with Crippen LogP contribution in [-0.2, 0) is 14.4 Å². The van der Waals surface area contributed by atoms with Crippen LogP contribution in [0, 0.1) is 0 Å². The third-order valence-corrected chi connectivity index (χ3v) is 6.27. The molecule has 0 aromatic rings. The summed E-state index contributed by atoms with van der Waals surface area (Å²) >= 11 is 2.42. The quantitative estimate of drug-likeness (QED) is 0.353. The van der Waals surface area contributed by atoms with E-state index in [-0.39, 0.29) is 22.8 Å². The molecule has 130 valence electrons. The number of hydroxylamine groups is 2. The summed E-state index contributed by atoms with van der Waals surface area (Å²) in [6.45, 7) is 1.61. The van der Waals surface area contributed by atoms with Crippen LogP contribution < -0.4 is 11.2 Å². The zero-order chi connectivity index (χ0) is 17.6. The number of nitrogens with zero attached hydrogens (tertiary/aromatic N) is 3. The van der Waals surface area contributed by atoms with Crippen molar-refractivity contribution in [3.05, 3.63) is 11.3 Å². The molecule has 1 saturated heterocycles. The van der Waals surface area contributed by atoms with Crippen LogP contribution in [0.4, 0.5) is 0 Å². The van der Waals surface area contributed by atoms with Gasteiger partial charge in [-0.15, -0.1) is 11.8 Å². The number of hydrazone groups is 1. The largest absolute Gasteiger partial charge is 0.477 e. The zero-order valence-electron chi connectivity index (χ0n) is 12.5. The van der Waals surface area contributed by atoms with Crippen molar-refractivity contribution in [2.24, 2.45) is 10.8 Å². The zero-order valence-corrected chi connectivity index (χ0v) is 14.1. The van der Waals surface area contributed by atoms with Crippen molar-refractivity contribution in [1.82, 2.24) is 15.4 Å². The van der Waals surface area contributed by atoms with E-state index in [1.807, 2.05) is 0 Å². The van der Waals surface area contributed by atoms with Gasteiger partial charge in [0.25, 0.3) is 5.91 Å². The first kappa shape index (κ1) is 17.1. The molecule has 3 atom stereocenters. The molecule has 0 bridgehead atoms. The molecule has 2 amide bonds. The second-order valence-electron chi connectivity index (χ2n) is 5.31. The predicted molar refractivity (Wildman–Crippen MR) is 86.9 cm³/mol. The second kappa shape index (κ2) is 6.27. The number of nitrogens with two attached hydrogens (primary N) is 1. The Bertz CT molecular complexity index is 681. The molecular formula is C12H15N5O5S2. The fourth-order valence-electron chi connectivity index (χ4n) is 2.56. The van der Waals surface area contributed by atoms with Crippen molar-refractivity contribution in [2.75, 3.05) is 12.3 Å². The van der Waals surface area contributed by atoms with Crippen LogP contribution in [0.2, 0.25) is 0 Å². The molecule has 0 aromatic heterocycles. The summed E-state index contributed by atoms with van der Waals surface area (Å²) in [6.07, 6.45) is 0. The first-order chi connectivity index (χ1) is 11.3. The van der Waals surface area contributed by atoms with Gasteiger partial charge in [-0.05, 0) is 12.5 Å². The van der Waals surface area contributed by atoms with Gasteiger partial charge in [-0.25, -0.2) is 4.79 Å². The number of rotatable bonds is 3. The molecule has 10 nitrogen and oxygen atoms in total. The standard InChI is InChI=1S/C12H15N5O5S2/c1-4(24-12-15-14-2-6(18)17(12)22)5-3-23-10-7(13)9(19)16(10)8(5)11(20)21/h4,7,10,14,22H,2-3,13H2,1H3,(H,20,21). The number of thioether (sulfide) groups is 2. The number of aliphatic carboxylic acids is 1. The Morgan fingerprint density at radius 2 is 2.25 bits per heavy atom. The molecule has 3 heterocycles. The number of carboxylic acids is 1. The van der Waals surface area contributed by atoms with Crippen molar-refractivity contribution in [2.45, 2.75) is 23.6 Å². The van der Waals surface area contributed by atoms with Crippen molar-refractivity contribution < 1.29 is 24.7 Å². The SMILES string of the molecule is CC(SC1=NNCC(=O)N1O)C1=C(C(=O)O)N2C(=O)C(N)C2SC1. The van der Waals surface area contributed by atoms with Gasteiger partial charge in [-0.2, -0.15) is 10.2 Å². The average Bonchev–Trinajstić information content (AvgIpc) is 2.56. The lowest BCUT2D eigenvalue weighted by atomic mass is 10.0. The molecule has 12 heteroatoms. The van der Waals surface area contributed by atoms with Gasteiger partial charge in [0.1, 0.15) is 23.7 Å². The Morgan fingerprint density at radius 3 is 2.92 bits per heavy atom. The van der Waals surface area contributed by atoms with Gasteiger partial charge in [-0.3, -0.25) is 25.1 Å². The number of hydrogen-bond donors (Lipinski definition) is 4. The minimum atomic E-state index is -1.20. The number of carbonyl (C=O) groups excluding carboxylic acids is 2. The molecule has 0 aromatic carbocycles. The molecule has 0 aliphatic carbocycles. The van der Waals surface area contributed by atoms with E-state index >= 15 is 0 Å². The summed E-state index contributed by atoms with van der Waals surface area (Å²) in [6, 6.07) is -0.689. The van der Waals surface area contributed by atoms with Crippen LogP contribution in [0.15, 0.2) is 16.4 Å². The van der Waals surface area contributed by atoms with E-state index in [4.69, 9.17) is 5.73 Å². The van der Waals surface area contributed by atoms with E-state index in [0.29, 0.717) is 16.4 Å². The molecule has 5 N–H and O–H groups in total.